The molecule has 66 valence electrons. The molecule has 1 fully saturated rings. The molecule has 0 heterocycles. The van der Waals surface area contributed by atoms with E-state index in [-0.39, 0.29) is 6.42 Å². The molecule has 1 rings (SSSR count). The van der Waals surface area contributed by atoms with Gasteiger partial charge in [0.15, 0.2) is 0 Å². The molecule has 3 N–H and O–H groups in total. The summed E-state index contributed by atoms with van der Waals surface area (Å²) in [5.74, 6) is -2.88. The maximum atomic E-state index is 12.8. The van der Waals surface area contributed by atoms with Crippen LogP contribution in [0.25, 0.3) is 0 Å². The smallest absolute Gasteiger partial charge is 0.265 e. The lowest BCUT2D eigenvalue weighted by molar-refractivity contribution is -0.0630. The Bertz CT molecular complexity index is 140. The number of aliphatic hydroxyl groups is 1. The highest BCUT2D eigenvalue weighted by molar-refractivity contribution is 4.88. The summed E-state index contributed by atoms with van der Waals surface area (Å²) in [6.45, 7) is 0. The van der Waals surface area contributed by atoms with Crippen LogP contribution in [0.5, 0.6) is 0 Å². The number of alkyl halides is 2. The zero-order valence-corrected chi connectivity index (χ0v) is 6.26. The van der Waals surface area contributed by atoms with Crippen LogP contribution < -0.4 is 5.73 Å². The van der Waals surface area contributed by atoms with Crippen molar-refractivity contribution in [2.75, 3.05) is 0 Å². The van der Waals surface area contributed by atoms with Crippen LogP contribution in [0.3, 0.4) is 0 Å². The summed E-state index contributed by atoms with van der Waals surface area (Å²) in [5, 5.41) is 9.09. The normalized spacial score (nSPS) is 38.2. The van der Waals surface area contributed by atoms with Crippen LogP contribution in [-0.4, -0.2) is 23.2 Å². The molecule has 4 heteroatoms. The highest BCUT2D eigenvalue weighted by atomic mass is 19.3. The Hall–Kier alpha value is -0.220. The molecule has 2 atom stereocenters. The second-order valence-electron chi connectivity index (χ2n) is 3.10. The van der Waals surface area contributed by atoms with Gasteiger partial charge in [-0.05, 0) is 12.8 Å². The molecule has 2 nitrogen and oxygen atoms in total. The molecule has 0 aromatic carbocycles. The third-order valence-corrected chi connectivity index (χ3v) is 2.16. The van der Waals surface area contributed by atoms with E-state index in [2.05, 4.69) is 0 Å². The minimum Gasteiger partial charge on any atom is -0.391 e. The van der Waals surface area contributed by atoms with Gasteiger partial charge in [-0.15, -0.1) is 0 Å². The van der Waals surface area contributed by atoms with E-state index in [0.29, 0.717) is 19.3 Å². The Kier molecular flexibility index (Phi) is 2.44. The lowest BCUT2D eigenvalue weighted by Crippen LogP contribution is -2.48. The zero-order valence-electron chi connectivity index (χ0n) is 6.26. The van der Waals surface area contributed by atoms with E-state index in [4.69, 9.17) is 10.8 Å². The molecular weight excluding hydrogens is 152 g/mol. The summed E-state index contributed by atoms with van der Waals surface area (Å²) in [4.78, 5) is 0. The predicted octanol–water partition coefficient (Wildman–Crippen LogP) is 0.884. The Balaban J connectivity index is 2.65. The average molecular weight is 165 g/mol. The molecular formula is C7H13F2NO. The Morgan fingerprint density at radius 3 is 2.64 bits per heavy atom. The summed E-state index contributed by atoms with van der Waals surface area (Å²) in [6, 6.07) is -1.37. The highest BCUT2D eigenvalue weighted by Gasteiger charge is 2.42. The van der Waals surface area contributed by atoms with E-state index >= 15 is 0 Å². The second-order valence-corrected chi connectivity index (χ2v) is 3.10. The van der Waals surface area contributed by atoms with Crippen molar-refractivity contribution < 1.29 is 13.9 Å². The summed E-state index contributed by atoms with van der Waals surface area (Å²) in [6.07, 6.45) is 0.275. The van der Waals surface area contributed by atoms with Crippen LogP contribution in [-0.2, 0) is 0 Å². The van der Waals surface area contributed by atoms with Gasteiger partial charge >= 0.3 is 0 Å². The first-order chi connectivity index (χ1) is 5.04. The van der Waals surface area contributed by atoms with Gasteiger partial charge in [-0.3, -0.25) is 0 Å². The van der Waals surface area contributed by atoms with Gasteiger partial charge in [0.2, 0.25) is 0 Å². The van der Waals surface area contributed by atoms with Gasteiger partial charge in [0.1, 0.15) is 0 Å². The monoisotopic (exact) mass is 165 g/mol. The SMILES string of the molecule is N[C@H]1[C@H](O)CCCCC1(F)F. The quantitative estimate of drug-likeness (QED) is 0.523. The maximum absolute atomic E-state index is 12.8. The molecule has 0 aliphatic heterocycles. The number of halogens is 2. The number of rotatable bonds is 0. The Morgan fingerprint density at radius 1 is 1.36 bits per heavy atom. The fraction of sp³-hybridized carbons (Fsp3) is 1.00. The molecule has 11 heavy (non-hydrogen) atoms. The first-order valence-corrected chi connectivity index (χ1v) is 3.85. The molecule has 0 unspecified atom stereocenters. The van der Waals surface area contributed by atoms with Crippen molar-refractivity contribution in [3.8, 4) is 0 Å². The van der Waals surface area contributed by atoms with Crippen LogP contribution in [0.1, 0.15) is 25.7 Å². The van der Waals surface area contributed by atoms with Crippen LogP contribution >= 0.6 is 0 Å². The largest absolute Gasteiger partial charge is 0.391 e. The van der Waals surface area contributed by atoms with E-state index in [1.807, 2.05) is 0 Å². The molecule has 0 radical (unpaired) electrons. The van der Waals surface area contributed by atoms with Gasteiger partial charge < -0.3 is 10.8 Å². The van der Waals surface area contributed by atoms with E-state index in [1.54, 1.807) is 0 Å². The van der Waals surface area contributed by atoms with Crippen molar-refractivity contribution in [3.63, 3.8) is 0 Å². The van der Waals surface area contributed by atoms with Crippen LogP contribution in [0.15, 0.2) is 0 Å². The van der Waals surface area contributed by atoms with Gasteiger partial charge in [0.25, 0.3) is 5.92 Å². The van der Waals surface area contributed by atoms with Crippen molar-refractivity contribution in [3.05, 3.63) is 0 Å². The second kappa shape index (κ2) is 3.03. The molecule has 1 saturated carbocycles. The molecule has 0 spiro atoms. The van der Waals surface area contributed by atoms with Gasteiger partial charge in [0.05, 0.1) is 12.1 Å². The number of hydrogen-bond donors (Lipinski definition) is 2. The molecule has 0 saturated heterocycles. The summed E-state index contributed by atoms with van der Waals surface area (Å²) in [7, 11) is 0. The lowest BCUT2D eigenvalue weighted by Gasteiger charge is -2.23. The number of hydrogen-bond acceptors (Lipinski definition) is 2. The fourth-order valence-corrected chi connectivity index (χ4v) is 1.34. The molecule has 0 bridgehead atoms. The van der Waals surface area contributed by atoms with E-state index in [9.17, 15) is 8.78 Å². The zero-order chi connectivity index (χ0) is 8.48. The number of nitrogens with two attached hydrogens (primary N) is 1. The van der Waals surface area contributed by atoms with Crippen LogP contribution in [0.4, 0.5) is 8.78 Å². The first kappa shape index (κ1) is 8.87. The lowest BCUT2D eigenvalue weighted by atomic mass is 10.0. The van der Waals surface area contributed by atoms with Crippen LogP contribution in [0.2, 0.25) is 0 Å². The highest BCUT2D eigenvalue weighted by Crippen LogP contribution is 2.30. The van der Waals surface area contributed by atoms with Crippen molar-refractivity contribution in [2.45, 2.75) is 43.8 Å². The molecule has 0 amide bonds. The summed E-state index contributed by atoms with van der Waals surface area (Å²) < 4.78 is 25.6. The van der Waals surface area contributed by atoms with Gasteiger partial charge in [-0.1, -0.05) is 6.42 Å². The van der Waals surface area contributed by atoms with Crippen molar-refractivity contribution in [2.24, 2.45) is 5.73 Å². The van der Waals surface area contributed by atoms with E-state index < -0.39 is 18.1 Å². The number of aliphatic hydroxyl groups excluding tert-OH is 1. The topological polar surface area (TPSA) is 46.2 Å². The van der Waals surface area contributed by atoms with Gasteiger partial charge in [0, 0.05) is 6.42 Å². The average Bonchev–Trinajstić information content (AvgIpc) is 2.03. The van der Waals surface area contributed by atoms with Crippen LogP contribution in [0, 0.1) is 0 Å². The van der Waals surface area contributed by atoms with Crippen molar-refractivity contribution in [1.29, 1.82) is 0 Å². The Labute approximate surface area is 64.4 Å². The molecule has 0 aromatic rings. The van der Waals surface area contributed by atoms with Crippen molar-refractivity contribution in [1.82, 2.24) is 0 Å². The van der Waals surface area contributed by atoms with E-state index in [1.165, 1.54) is 0 Å². The van der Waals surface area contributed by atoms with Gasteiger partial charge in [-0.25, -0.2) is 8.78 Å². The predicted molar refractivity (Wildman–Crippen MR) is 37.4 cm³/mol. The molecule has 1 aliphatic rings. The van der Waals surface area contributed by atoms with Gasteiger partial charge in [-0.2, -0.15) is 0 Å². The van der Waals surface area contributed by atoms with Crippen molar-refractivity contribution >= 4 is 0 Å². The van der Waals surface area contributed by atoms with E-state index in [0.717, 1.165) is 0 Å². The fourth-order valence-electron chi connectivity index (χ4n) is 1.34. The summed E-state index contributed by atoms with van der Waals surface area (Å²) >= 11 is 0. The minimum absolute atomic E-state index is 0.189. The maximum Gasteiger partial charge on any atom is 0.265 e. The third-order valence-electron chi connectivity index (χ3n) is 2.16. The molecule has 0 aromatic heterocycles. The standard InChI is InChI=1S/C7H13F2NO/c8-7(9)4-2-1-3-5(11)6(7)10/h5-6,11H,1-4,10H2/t5-,6+/m1/s1. The first-order valence-electron chi connectivity index (χ1n) is 3.85. The minimum atomic E-state index is -2.88. The third kappa shape index (κ3) is 1.87. The molecule has 1 aliphatic carbocycles. The summed E-state index contributed by atoms with van der Waals surface area (Å²) in [5.41, 5.74) is 5.16. The Morgan fingerprint density at radius 2 is 2.00 bits per heavy atom.